The van der Waals surface area contributed by atoms with E-state index in [-0.39, 0.29) is 0 Å². The molecule has 0 amide bonds. The summed E-state index contributed by atoms with van der Waals surface area (Å²) in [6.07, 6.45) is 0. The number of fused-ring (bicyclic) bond motifs is 1. The van der Waals surface area contributed by atoms with Crippen molar-refractivity contribution in [3.63, 3.8) is 0 Å². The summed E-state index contributed by atoms with van der Waals surface area (Å²) in [6.45, 7) is 6.10. The average molecular weight is 262 g/mol. The molecule has 3 nitrogen and oxygen atoms in total. The molecule has 0 atom stereocenters. The first-order valence-electron chi connectivity index (χ1n) is 6.27. The van der Waals surface area contributed by atoms with Gasteiger partial charge >= 0.3 is 0 Å². The van der Waals surface area contributed by atoms with Crippen LogP contribution in [0.15, 0.2) is 24.3 Å². The maximum absolute atomic E-state index is 6.16. The first kappa shape index (κ1) is 11.8. The number of nitrogens with zero attached hydrogens (tertiary/aromatic N) is 2. The second-order valence-corrected chi connectivity index (χ2v) is 5.06. The van der Waals surface area contributed by atoms with E-state index in [0.29, 0.717) is 0 Å². The van der Waals surface area contributed by atoms with Gasteiger partial charge in [0.25, 0.3) is 0 Å². The topological polar surface area (TPSA) is 28.2 Å². The van der Waals surface area contributed by atoms with Crippen LogP contribution in [0.2, 0.25) is 5.02 Å². The molecule has 1 aliphatic heterocycles. The zero-order valence-electron chi connectivity index (χ0n) is 10.4. The molecule has 1 saturated heterocycles. The highest BCUT2D eigenvalue weighted by Crippen LogP contribution is 2.26. The summed E-state index contributed by atoms with van der Waals surface area (Å²) in [5.74, 6) is 1.05. The summed E-state index contributed by atoms with van der Waals surface area (Å²) in [7, 11) is 0. The second-order valence-electron chi connectivity index (χ2n) is 4.65. The lowest BCUT2D eigenvalue weighted by atomic mass is 10.1. The molecule has 3 rings (SSSR count). The van der Waals surface area contributed by atoms with Crippen LogP contribution in [0, 0.1) is 6.92 Å². The normalized spacial score (nSPS) is 16.2. The highest BCUT2D eigenvalue weighted by Gasteiger charge is 2.12. The molecule has 0 unspecified atom stereocenters. The van der Waals surface area contributed by atoms with E-state index in [1.807, 2.05) is 19.1 Å². The molecule has 1 aliphatic rings. The number of aromatic nitrogens is 1. The number of pyridine rings is 1. The Morgan fingerprint density at radius 2 is 1.89 bits per heavy atom. The minimum Gasteiger partial charge on any atom is -0.354 e. The number of benzene rings is 1. The molecule has 1 N–H and O–H groups in total. The summed E-state index contributed by atoms with van der Waals surface area (Å²) in [5, 5.41) is 5.29. The van der Waals surface area contributed by atoms with Gasteiger partial charge < -0.3 is 10.2 Å². The Morgan fingerprint density at radius 3 is 2.67 bits per heavy atom. The number of hydrogen-bond donors (Lipinski definition) is 1. The quantitative estimate of drug-likeness (QED) is 0.855. The standard InChI is InChI=1S/C14H16ClN3/c1-10-12(15)4-2-11-3-5-13(17-14(10)11)18-8-6-16-7-9-18/h2-5,16H,6-9H2,1H3. The summed E-state index contributed by atoms with van der Waals surface area (Å²) in [6, 6.07) is 8.19. The number of halogens is 1. The second kappa shape index (κ2) is 4.75. The van der Waals surface area contributed by atoms with Gasteiger partial charge in [-0.3, -0.25) is 0 Å². The molecule has 2 heterocycles. The first-order chi connectivity index (χ1) is 8.75. The number of aryl methyl sites for hydroxylation is 1. The highest BCUT2D eigenvalue weighted by molar-refractivity contribution is 6.32. The van der Waals surface area contributed by atoms with Crippen molar-refractivity contribution in [2.45, 2.75) is 6.92 Å². The van der Waals surface area contributed by atoms with Crippen molar-refractivity contribution in [3.8, 4) is 0 Å². The van der Waals surface area contributed by atoms with Gasteiger partial charge in [0.2, 0.25) is 0 Å². The molecule has 0 saturated carbocycles. The molecular formula is C14H16ClN3. The lowest BCUT2D eigenvalue weighted by molar-refractivity contribution is 0.585. The third kappa shape index (κ3) is 2.04. The van der Waals surface area contributed by atoms with Crippen LogP contribution >= 0.6 is 11.6 Å². The maximum Gasteiger partial charge on any atom is 0.129 e. The Labute approximate surface area is 112 Å². The number of anilines is 1. The molecule has 1 fully saturated rings. The van der Waals surface area contributed by atoms with Gasteiger partial charge in [0.1, 0.15) is 5.82 Å². The Kier molecular flexibility index (Phi) is 3.10. The van der Waals surface area contributed by atoms with Crippen LogP contribution in [0.3, 0.4) is 0 Å². The van der Waals surface area contributed by atoms with E-state index in [4.69, 9.17) is 16.6 Å². The molecular weight excluding hydrogens is 246 g/mol. The van der Waals surface area contributed by atoms with E-state index in [1.54, 1.807) is 0 Å². The summed E-state index contributed by atoms with van der Waals surface area (Å²) < 4.78 is 0. The fraction of sp³-hybridized carbons (Fsp3) is 0.357. The zero-order valence-corrected chi connectivity index (χ0v) is 11.2. The minimum atomic E-state index is 0.785. The lowest BCUT2D eigenvalue weighted by Gasteiger charge is -2.28. The summed E-state index contributed by atoms with van der Waals surface area (Å²) >= 11 is 6.16. The number of rotatable bonds is 1. The molecule has 18 heavy (non-hydrogen) atoms. The molecule has 0 radical (unpaired) electrons. The summed E-state index contributed by atoms with van der Waals surface area (Å²) in [4.78, 5) is 7.09. The van der Waals surface area contributed by atoms with Gasteiger partial charge in [-0.1, -0.05) is 17.7 Å². The number of nitrogens with one attached hydrogen (secondary N) is 1. The van der Waals surface area contributed by atoms with Crippen LogP contribution in [0.4, 0.5) is 5.82 Å². The Hall–Kier alpha value is -1.32. The Bertz CT molecular complexity index is 577. The fourth-order valence-corrected chi connectivity index (χ4v) is 2.52. The molecule has 0 aliphatic carbocycles. The molecule has 1 aromatic carbocycles. The predicted octanol–water partition coefficient (Wildman–Crippen LogP) is 2.61. The van der Waals surface area contributed by atoms with Crippen molar-refractivity contribution in [3.05, 3.63) is 34.9 Å². The van der Waals surface area contributed by atoms with E-state index in [1.165, 1.54) is 0 Å². The SMILES string of the molecule is Cc1c(Cl)ccc2ccc(N3CCNCC3)nc12. The smallest absolute Gasteiger partial charge is 0.129 e. The van der Waals surface area contributed by atoms with Crippen molar-refractivity contribution < 1.29 is 0 Å². The van der Waals surface area contributed by atoms with E-state index >= 15 is 0 Å². The van der Waals surface area contributed by atoms with E-state index in [9.17, 15) is 0 Å². The van der Waals surface area contributed by atoms with Crippen molar-refractivity contribution in [1.29, 1.82) is 0 Å². The number of hydrogen-bond acceptors (Lipinski definition) is 3. The molecule has 94 valence electrons. The van der Waals surface area contributed by atoms with E-state index in [0.717, 1.165) is 53.5 Å². The van der Waals surface area contributed by atoms with Crippen LogP contribution < -0.4 is 10.2 Å². The first-order valence-corrected chi connectivity index (χ1v) is 6.65. The van der Waals surface area contributed by atoms with Crippen molar-refractivity contribution >= 4 is 28.3 Å². The molecule has 1 aromatic heterocycles. The van der Waals surface area contributed by atoms with Crippen LogP contribution in [0.25, 0.3) is 10.9 Å². The van der Waals surface area contributed by atoms with Crippen LogP contribution in [0.1, 0.15) is 5.56 Å². The van der Waals surface area contributed by atoms with E-state index < -0.39 is 0 Å². The Balaban J connectivity index is 2.06. The van der Waals surface area contributed by atoms with Crippen molar-refractivity contribution in [2.75, 3.05) is 31.1 Å². The minimum absolute atomic E-state index is 0.785. The average Bonchev–Trinajstić information content (AvgIpc) is 2.44. The van der Waals surface area contributed by atoms with Gasteiger partial charge in [-0.25, -0.2) is 4.98 Å². The molecule has 2 aromatic rings. The molecule has 0 bridgehead atoms. The van der Waals surface area contributed by atoms with E-state index in [2.05, 4.69) is 22.3 Å². The third-order valence-electron chi connectivity index (χ3n) is 3.48. The van der Waals surface area contributed by atoms with Gasteiger partial charge in [-0.2, -0.15) is 0 Å². The number of piperazine rings is 1. The van der Waals surface area contributed by atoms with Crippen LogP contribution in [-0.4, -0.2) is 31.2 Å². The van der Waals surface area contributed by atoms with Gasteiger partial charge in [0, 0.05) is 36.6 Å². The summed E-state index contributed by atoms with van der Waals surface area (Å²) in [5.41, 5.74) is 2.07. The highest BCUT2D eigenvalue weighted by atomic mass is 35.5. The van der Waals surface area contributed by atoms with Crippen molar-refractivity contribution in [2.24, 2.45) is 0 Å². The Morgan fingerprint density at radius 1 is 1.17 bits per heavy atom. The maximum atomic E-state index is 6.16. The van der Waals surface area contributed by atoms with Gasteiger partial charge in [0.15, 0.2) is 0 Å². The third-order valence-corrected chi connectivity index (χ3v) is 3.88. The monoisotopic (exact) mass is 261 g/mol. The largest absolute Gasteiger partial charge is 0.354 e. The molecule has 4 heteroatoms. The van der Waals surface area contributed by atoms with Crippen LogP contribution in [-0.2, 0) is 0 Å². The fourth-order valence-electron chi connectivity index (χ4n) is 2.37. The van der Waals surface area contributed by atoms with Gasteiger partial charge in [-0.05, 0) is 30.7 Å². The predicted molar refractivity (Wildman–Crippen MR) is 76.6 cm³/mol. The van der Waals surface area contributed by atoms with Gasteiger partial charge in [-0.15, -0.1) is 0 Å². The van der Waals surface area contributed by atoms with Gasteiger partial charge in [0.05, 0.1) is 5.52 Å². The zero-order chi connectivity index (χ0) is 12.5. The molecule has 0 spiro atoms. The van der Waals surface area contributed by atoms with Crippen molar-refractivity contribution in [1.82, 2.24) is 10.3 Å². The lowest BCUT2D eigenvalue weighted by Crippen LogP contribution is -2.43. The van der Waals surface area contributed by atoms with Crippen LogP contribution in [0.5, 0.6) is 0 Å².